The van der Waals surface area contributed by atoms with Gasteiger partial charge in [-0.15, -0.1) is 0 Å². The van der Waals surface area contributed by atoms with Crippen LogP contribution in [-0.2, 0) is 0 Å². The van der Waals surface area contributed by atoms with E-state index in [0.29, 0.717) is 23.4 Å². The van der Waals surface area contributed by atoms with Crippen LogP contribution in [0.25, 0.3) is 0 Å². The summed E-state index contributed by atoms with van der Waals surface area (Å²) in [5.41, 5.74) is 0.958. The number of rotatable bonds is 4. The van der Waals surface area contributed by atoms with Gasteiger partial charge < -0.3 is 5.11 Å². The van der Waals surface area contributed by atoms with Gasteiger partial charge >= 0.3 is 0 Å². The summed E-state index contributed by atoms with van der Waals surface area (Å²) >= 11 is 0. The molecule has 1 nitrogen and oxygen atoms in total. The van der Waals surface area contributed by atoms with E-state index in [1.807, 2.05) is 0 Å². The van der Waals surface area contributed by atoms with Crippen LogP contribution >= 0.6 is 0 Å². The van der Waals surface area contributed by atoms with E-state index in [4.69, 9.17) is 5.11 Å². The standard InChI is InChI=1S/C12H24O/c1-11(2,3)6-5-7-12(4)8-10(12)9-13/h10,13H,5-9H2,1-4H3/t10-,12?/m1/s1. The van der Waals surface area contributed by atoms with Crippen LogP contribution in [0.3, 0.4) is 0 Å². The van der Waals surface area contributed by atoms with E-state index < -0.39 is 0 Å². The Morgan fingerprint density at radius 2 is 2.00 bits per heavy atom. The van der Waals surface area contributed by atoms with Crippen molar-refractivity contribution in [2.24, 2.45) is 16.7 Å². The molecule has 2 atom stereocenters. The average Bonchev–Trinajstić information content (AvgIpc) is 2.59. The van der Waals surface area contributed by atoms with Crippen LogP contribution in [0.5, 0.6) is 0 Å². The third-order valence-corrected chi connectivity index (χ3v) is 3.43. The second-order valence-corrected chi connectivity index (χ2v) is 6.15. The molecule has 1 saturated carbocycles. The molecule has 78 valence electrons. The molecule has 1 N–H and O–H groups in total. The predicted octanol–water partition coefficient (Wildman–Crippen LogP) is 3.22. The van der Waals surface area contributed by atoms with Crippen LogP contribution in [0, 0.1) is 16.7 Å². The lowest BCUT2D eigenvalue weighted by atomic mass is 9.87. The van der Waals surface area contributed by atoms with Crippen molar-refractivity contribution in [2.45, 2.75) is 53.4 Å². The fourth-order valence-corrected chi connectivity index (χ4v) is 2.12. The van der Waals surface area contributed by atoms with Gasteiger partial charge in [0.25, 0.3) is 0 Å². The topological polar surface area (TPSA) is 20.2 Å². The second kappa shape index (κ2) is 3.61. The zero-order chi connectivity index (χ0) is 10.1. The first-order valence-electron chi connectivity index (χ1n) is 5.48. The molecule has 0 spiro atoms. The van der Waals surface area contributed by atoms with Crippen molar-refractivity contribution in [3.63, 3.8) is 0 Å². The van der Waals surface area contributed by atoms with E-state index in [9.17, 15) is 0 Å². The highest BCUT2D eigenvalue weighted by Gasteiger charge is 2.48. The molecule has 0 amide bonds. The van der Waals surface area contributed by atoms with Gasteiger partial charge in [0.15, 0.2) is 0 Å². The minimum absolute atomic E-state index is 0.395. The molecule has 0 aromatic rings. The van der Waals surface area contributed by atoms with Crippen molar-refractivity contribution in [1.29, 1.82) is 0 Å². The summed E-state index contributed by atoms with van der Waals surface area (Å²) in [4.78, 5) is 0. The average molecular weight is 184 g/mol. The normalized spacial score (nSPS) is 33.5. The third-order valence-electron chi connectivity index (χ3n) is 3.43. The molecule has 1 aliphatic rings. The van der Waals surface area contributed by atoms with Gasteiger partial charge in [0.1, 0.15) is 0 Å². The molecule has 1 unspecified atom stereocenters. The predicted molar refractivity (Wildman–Crippen MR) is 56.6 cm³/mol. The smallest absolute Gasteiger partial charge is 0.0464 e. The van der Waals surface area contributed by atoms with Crippen molar-refractivity contribution in [2.75, 3.05) is 6.61 Å². The molecule has 1 aliphatic carbocycles. The SMILES string of the molecule is CC(C)(C)CCCC1(C)C[C@@H]1CO. The largest absolute Gasteiger partial charge is 0.396 e. The molecule has 1 fully saturated rings. The molecular weight excluding hydrogens is 160 g/mol. The number of hydrogen-bond donors (Lipinski definition) is 1. The Morgan fingerprint density at radius 3 is 2.38 bits per heavy atom. The van der Waals surface area contributed by atoms with Crippen molar-refractivity contribution in [3.8, 4) is 0 Å². The third kappa shape index (κ3) is 3.30. The molecular formula is C12H24O. The van der Waals surface area contributed by atoms with Crippen molar-refractivity contribution in [1.82, 2.24) is 0 Å². The molecule has 0 aromatic carbocycles. The molecule has 1 rings (SSSR count). The molecule has 0 bridgehead atoms. The van der Waals surface area contributed by atoms with E-state index in [-0.39, 0.29) is 0 Å². The van der Waals surface area contributed by atoms with Gasteiger partial charge in [-0.25, -0.2) is 0 Å². The van der Waals surface area contributed by atoms with Crippen LogP contribution in [0.15, 0.2) is 0 Å². The van der Waals surface area contributed by atoms with Gasteiger partial charge in [-0.3, -0.25) is 0 Å². The van der Waals surface area contributed by atoms with Gasteiger partial charge in [-0.05, 0) is 36.0 Å². The van der Waals surface area contributed by atoms with E-state index in [2.05, 4.69) is 27.7 Å². The summed E-state index contributed by atoms with van der Waals surface area (Å²) < 4.78 is 0. The number of hydrogen-bond acceptors (Lipinski definition) is 1. The molecule has 1 heteroatoms. The Kier molecular flexibility index (Phi) is 3.06. The molecule has 0 radical (unpaired) electrons. The Labute approximate surface area is 82.5 Å². The summed E-state index contributed by atoms with van der Waals surface area (Å²) in [6.45, 7) is 9.60. The molecule has 0 heterocycles. The van der Waals surface area contributed by atoms with Gasteiger partial charge in [0.2, 0.25) is 0 Å². The van der Waals surface area contributed by atoms with Crippen LogP contribution in [0.1, 0.15) is 53.4 Å². The lowest BCUT2D eigenvalue weighted by Gasteiger charge is -2.19. The van der Waals surface area contributed by atoms with Gasteiger partial charge in [-0.1, -0.05) is 34.1 Å². The first-order valence-corrected chi connectivity index (χ1v) is 5.48. The minimum Gasteiger partial charge on any atom is -0.396 e. The fraction of sp³-hybridized carbons (Fsp3) is 1.00. The summed E-state index contributed by atoms with van der Waals surface area (Å²) in [5, 5.41) is 9.00. The maximum absolute atomic E-state index is 9.00. The fourth-order valence-electron chi connectivity index (χ4n) is 2.12. The molecule has 0 saturated heterocycles. The summed E-state index contributed by atoms with van der Waals surface area (Å²) in [7, 11) is 0. The monoisotopic (exact) mass is 184 g/mol. The Bertz CT molecular complexity index is 168. The van der Waals surface area contributed by atoms with E-state index in [0.717, 1.165) is 0 Å². The maximum atomic E-state index is 9.00. The first kappa shape index (κ1) is 11.0. The highest BCUT2D eigenvalue weighted by Crippen LogP contribution is 2.55. The van der Waals surface area contributed by atoms with Crippen LogP contribution in [0.4, 0.5) is 0 Å². The van der Waals surface area contributed by atoms with Crippen LogP contribution in [-0.4, -0.2) is 11.7 Å². The van der Waals surface area contributed by atoms with Gasteiger partial charge in [-0.2, -0.15) is 0 Å². The van der Waals surface area contributed by atoms with Crippen LogP contribution < -0.4 is 0 Å². The Morgan fingerprint density at radius 1 is 1.38 bits per heavy atom. The zero-order valence-corrected chi connectivity index (χ0v) is 9.56. The maximum Gasteiger partial charge on any atom is 0.0464 e. The van der Waals surface area contributed by atoms with E-state index in [1.165, 1.54) is 25.7 Å². The number of aliphatic hydroxyl groups excluding tert-OH is 1. The number of aliphatic hydroxyl groups is 1. The van der Waals surface area contributed by atoms with Crippen molar-refractivity contribution < 1.29 is 5.11 Å². The highest BCUT2D eigenvalue weighted by molar-refractivity contribution is 4.98. The molecule has 0 aromatic heterocycles. The minimum atomic E-state index is 0.395. The summed E-state index contributed by atoms with van der Waals surface area (Å²) in [5.74, 6) is 0.604. The lowest BCUT2D eigenvalue weighted by molar-refractivity contribution is 0.244. The van der Waals surface area contributed by atoms with Crippen molar-refractivity contribution in [3.05, 3.63) is 0 Å². The van der Waals surface area contributed by atoms with Gasteiger partial charge in [0.05, 0.1) is 0 Å². The van der Waals surface area contributed by atoms with E-state index >= 15 is 0 Å². The summed E-state index contributed by atoms with van der Waals surface area (Å²) in [6, 6.07) is 0. The summed E-state index contributed by atoms with van der Waals surface area (Å²) in [6.07, 6.45) is 5.17. The van der Waals surface area contributed by atoms with E-state index in [1.54, 1.807) is 0 Å². The van der Waals surface area contributed by atoms with Crippen LogP contribution in [0.2, 0.25) is 0 Å². The molecule has 0 aliphatic heterocycles. The highest BCUT2D eigenvalue weighted by atomic mass is 16.3. The Hall–Kier alpha value is -0.0400. The van der Waals surface area contributed by atoms with Crippen molar-refractivity contribution >= 4 is 0 Å². The second-order valence-electron chi connectivity index (χ2n) is 6.15. The lowest BCUT2D eigenvalue weighted by Crippen LogP contribution is -2.07. The zero-order valence-electron chi connectivity index (χ0n) is 9.56. The first-order chi connectivity index (χ1) is 5.87. The van der Waals surface area contributed by atoms with Gasteiger partial charge in [0, 0.05) is 6.61 Å². The quantitative estimate of drug-likeness (QED) is 0.711. The molecule has 13 heavy (non-hydrogen) atoms. The Balaban J connectivity index is 2.14.